The highest BCUT2D eigenvalue weighted by molar-refractivity contribution is 7.99. The Labute approximate surface area is 399 Å². The van der Waals surface area contributed by atoms with E-state index in [2.05, 4.69) is 100 Å². The number of nitrogens with zero attached hydrogens (tertiary/aromatic N) is 4. The smallest absolute Gasteiger partial charge is 0.407 e. The Balaban J connectivity index is 0.958. The Hall–Kier alpha value is -6.00. The van der Waals surface area contributed by atoms with E-state index < -0.39 is 24.3 Å². The standard InChI is InChI=1S/C51H58N8O6S2/c1-27(2)44(56-50(62)64-6)48(60)58-25-66-23-42(58)46-52-38-16-14-34(21-40(38)54-46)36-19-30-8-10-31-12-13-32(29(5)18-33(36)11-9-30)20-37(31)35-15-17-39-41(22-35)55-47(53-39)43-24-67-26-59(43)49(61)45(28(3)4)57-51(63)65-7/h9,11-17,19-22,27-29,42-45H,8,10,18,23-26H2,1-7H3,(H,52,54)(H,53,55)(H,56,62)(H,57,63). The third-order valence-corrected chi connectivity index (χ3v) is 15.5. The average Bonchev–Trinajstić information content (AvgIpc) is 4.16. The molecular weight excluding hydrogens is 885 g/mol. The number of aryl methyl sites for hydroxylation is 2. The number of fused-ring (bicyclic) bond motifs is 2. The van der Waals surface area contributed by atoms with Crippen LogP contribution >= 0.6 is 23.5 Å². The highest BCUT2D eigenvalue weighted by atomic mass is 32.2. The first-order valence-corrected chi connectivity index (χ1v) is 25.3. The number of imidazole rings is 2. The minimum atomic E-state index is -0.708. The first kappa shape index (κ1) is 46.1. The number of alkyl carbamates (subject to hydrolysis) is 2. The Morgan fingerprint density at radius 2 is 1.16 bits per heavy atom. The van der Waals surface area contributed by atoms with Crippen molar-refractivity contribution in [3.8, 4) is 22.3 Å². The predicted octanol–water partition coefficient (Wildman–Crippen LogP) is 9.13. The Morgan fingerprint density at radius 3 is 1.67 bits per heavy atom. The van der Waals surface area contributed by atoms with E-state index in [1.54, 1.807) is 23.5 Å². The molecule has 14 nitrogen and oxygen atoms in total. The molecule has 4 aliphatic carbocycles. The van der Waals surface area contributed by atoms with Crippen LogP contribution < -0.4 is 10.6 Å². The molecule has 2 saturated heterocycles. The van der Waals surface area contributed by atoms with E-state index in [9.17, 15) is 19.2 Å². The summed E-state index contributed by atoms with van der Waals surface area (Å²) in [5.41, 5.74) is 13.2. The molecule has 4 bridgehead atoms. The summed E-state index contributed by atoms with van der Waals surface area (Å²) in [6, 6.07) is 24.8. The minimum absolute atomic E-state index is 0.120. The van der Waals surface area contributed by atoms with Crippen LogP contribution in [0.5, 0.6) is 0 Å². The number of hydrogen-bond donors (Lipinski definition) is 4. The molecule has 67 heavy (non-hydrogen) atoms. The number of H-pyrrole nitrogens is 2. The van der Waals surface area contributed by atoms with Gasteiger partial charge < -0.3 is 39.9 Å². The first-order valence-electron chi connectivity index (χ1n) is 23.0. The first-order chi connectivity index (χ1) is 32.3. The molecule has 350 valence electrons. The molecule has 2 fully saturated rings. The van der Waals surface area contributed by atoms with Gasteiger partial charge in [0, 0.05) is 11.5 Å². The van der Waals surface area contributed by atoms with Gasteiger partial charge >= 0.3 is 12.2 Å². The van der Waals surface area contributed by atoms with Crippen LogP contribution in [0.4, 0.5) is 9.59 Å². The second-order valence-corrected chi connectivity index (χ2v) is 20.6. The molecule has 6 aliphatic rings. The van der Waals surface area contributed by atoms with Gasteiger partial charge in [-0.25, -0.2) is 19.6 Å². The van der Waals surface area contributed by atoms with Crippen LogP contribution in [0, 0.1) is 11.8 Å². The van der Waals surface area contributed by atoms with Gasteiger partial charge in [0.25, 0.3) is 0 Å². The third-order valence-electron chi connectivity index (χ3n) is 13.5. The van der Waals surface area contributed by atoms with Gasteiger partial charge in [-0.1, -0.05) is 83.1 Å². The number of thioether (sulfide) groups is 2. The number of benzene rings is 4. The van der Waals surface area contributed by atoms with Crippen LogP contribution in [0.25, 0.3) is 44.3 Å². The molecular formula is C51H58N8O6S2. The van der Waals surface area contributed by atoms with Crippen LogP contribution in [0.15, 0.2) is 72.8 Å². The minimum Gasteiger partial charge on any atom is -0.453 e. The van der Waals surface area contributed by atoms with E-state index in [0.717, 1.165) is 64.1 Å². The number of carbonyl (C=O) groups is 4. The van der Waals surface area contributed by atoms with E-state index in [0.29, 0.717) is 23.3 Å². The van der Waals surface area contributed by atoms with Crippen molar-refractivity contribution in [3.05, 3.63) is 107 Å². The molecule has 0 radical (unpaired) electrons. The second kappa shape index (κ2) is 19.3. The van der Waals surface area contributed by atoms with Gasteiger partial charge in [0.1, 0.15) is 23.7 Å². The highest BCUT2D eigenvalue weighted by Crippen LogP contribution is 2.39. The van der Waals surface area contributed by atoms with Crippen molar-refractivity contribution >= 4 is 69.6 Å². The molecule has 2 aliphatic heterocycles. The van der Waals surface area contributed by atoms with Gasteiger partial charge in [-0.15, -0.1) is 23.5 Å². The van der Waals surface area contributed by atoms with Crippen LogP contribution in [0.1, 0.15) is 86.5 Å². The van der Waals surface area contributed by atoms with Gasteiger partial charge in [-0.05, 0) is 106 Å². The number of hydrogen-bond acceptors (Lipinski definition) is 10. The molecule has 2 aromatic heterocycles. The summed E-state index contributed by atoms with van der Waals surface area (Å²) in [4.78, 5) is 72.6. The molecule has 4 amide bonds. The molecule has 4 heterocycles. The lowest BCUT2D eigenvalue weighted by Gasteiger charge is -2.29. The van der Waals surface area contributed by atoms with Crippen molar-refractivity contribution in [3.63, 3.8) is 0 Å². The number of aromatic amines is 2. The van der Waals surface area contributed by atoms with E-state index in [4.69, 9.17) is 19.4 Å². The fourth-order valence-corrected chi connectivity index (χ4v) is 11.9. The summed E-state index contributed by atoms with van der Waals surface area (Å²) in [5.74, 6) is 3.59. The summed E-state index contributed by atoms with van der Waals surface area (Å²) < 4.78 is 9.64. The number of ether oxygens (including phenoxy) is 2. The molecule has 0 saturated carbocycles. The van der Waals surface area contributed by atoms with Gasteiger partial charge in [-0.3, -0.25) is 9.59 Å². The molecule has 6 aromatic rings. The quantitative estimate of drug-likeness (QED) is 0.104. The maximum atomic E-state index is 13.8. The number of carbonyl (C=O) groups excluding carboxylic acids is 4. The Kier molecular flexibility index (Phi) is 13.3. The molecule has 5 atom stereocenters. The van der Waals surface area contributed by atoms with Gasteiger partial charge in [0.15, 0.2) is 0 Å². The van der Waals surface area contributed by atoms with Crippen molar-refractivity contribution in [1.29, 1.82) is 0 Å². The lowest BCUT2D eigenvalue weighted by molar-refractivity contribution is -0.135. The second-order valence-electron chi connectivity index (χ2n) is 18.6. The summed E-state index contributed by atoms with van der Waals surface area (Å²) >= 11 is 3.35. The van der Waals surface area contributed by atoms with E-state index in [1.807, 2.05) is 37.5 Å². The maximum absolute atomic E-state index is 13.8. The molecule has 16 heteroatoms. The number of nitrogens with one attached hydrogen (secondary N) is 4. The summed E-state index contributed by atoms with van der Waals surface area (Å²) in [5, 5.41) is 5.46. The monoisotopic (exact) mass is 942 g/mol. The molecule has 5 unspecified atom stereocenters. The third kappa shape index (κ3) is 9.34. The zero-order chi connectivity index (χ0) is 47.1. The van der Waals surface area contributed by atoms with Crippen LogP contribution in [0.2, 0.25) is 0 Å². The van der Waals surface area contributed by atoms with Gasteiger partial charge in [0.05, 0.1) is 60.1 Å². The highest BCUT2D eigenvalue weighted by Gasteiger charge is 2.39. The lowest BCUT2D eigenvalue weighted by atomic mass is 9.84. The maximum Gasteiger partial charge on any atom is 0.407 e. The number of aromatic nitrogens is 4. The largest absolute Gasteiger partial charge is 0.453 e. The number of rotatable bonds is 10. The SMILES string of the molecule is COC(=O)NC(C(=O)N1CSCC1c1nc2ccc(-c3cc4ccc3CCc3ccc(c(-c5ccc6nc(C7CSCN7C(=O)C(NC(=O)OC)C(C)C)[nH]c6c5)c3)CC4C)cc2[nH]1)C(C)C. The molecule has 4 aromatic carbocycles. The van der Waals surface area contributed by atoms with E-state index in [1.165, 1.54) is 47.6 Å². The fraction of sp³-hybridized carbons (Fsp3) is 0.412. The fourth-order valence-electron chi connectivity index (χ4n) is 9.58. The normalized spacial score (nSPS) is 19.2. The van der Waals surface area contributed by atoms with Crippen molar-refractivity contribution < 1.29 is 28.7 Å². The van der Waals surface area contributed by atoms with E-state index >= 15 is 0 Å². The number of methoxy groups -OCH3 is 2. The van der Waals surface area contributed by atoms with Gasteiger partial charge in [-0.2, -0.15) is 0 Å². The Bertz CT molecular complexity index is 2860. The summed E-state index contributed by atoms with van der Waals surface area (Å²) in [6.45, 7) is 9.95. The summed E-state index contributed by atoms with van der Waals surface area (Å²) in [7, 11) is 2.60. The Morgan fingerprint density at radius 1 is 0.657 bits per heavy atom. The zero-order valence-corrected chi connectivity index (χ0v) is 40.6. The molecule has 0 spiro atoms. The van der Waals surface area contributed by atoms with Crippen molar-refractivity contribution in [1.82, 2.24) is 40.4 Å². The molecule has 4 N–H and O–H groups in total. The van der Waals surface area contributed by atoms with Crippen molar-refractivity contribution in [2.75, 3.05) is 37.5 Å². The van der Waals surface area contributed by atoms with Crippen LogP contribution in [-0.2, 0) is 38.3 Å². The number of amides is 4. The zero-order valence-electron chi connectivity index (χ0n) is 39.0. The molecule has 12 rings (SSSR count). The predicted molar refractivity (Wildman–Crippen MR) is 265 cm³/mol. The summed E-state index contributed by atoms with van der Waals surface area (Å²) in [6.07, 6.45) is 1.31. The van der Waals surface area contributed by atoms with Crippen molar-refractivity contribution in [2.45, 2.75) is 84.0 Å². The van der Waals surface area contributed by atoms with Gasteiger partial charge in [0.2, 0.25) is 11.8 Å². The van der Waals surface area contributed by atoms with Crippen molar-refractivity contribution in [2.24, 2.45) is 11.8 Å². The topological polar surface area (TPSA) is 175 Å². The van der Waals surface area contributed by atoms with Crippen LogP contribution in [-0.4, -0.2) is 103 Å². The lowest BCUT2D eigenvalue weighted by Crippen LogP contribution is -2.51. The van der Waals surface area contributed by atoms with E-state index in [-0.39, 0.29) is 41.7 Å². The van der Waals surface area contributed by atoms with Crippen LogP contribution in [0.3, 0.4) is 0 Å². The average molecular weight is 943 g/mol.